The molecule has 1 amide bonds. The molecule has 0 aliphatic heterocycles. The van der Waals surface area contributed by atoms with Gasteiger partial charge in [-0.15, -0.1) is 0 Å². The quantitative estimate of drug-likeness (QED) is 0.337. The average molecular weight is 180 g/mol. The number of carbonyl (C=O) groups is 1. The van der Waals surface area contributed by atoms with E-state index in [1.165, 1.54) is 0 Å². The number of nitrogens with two attached hydrogens (primary N) is 1. The number of nitrogen functional groups attached to an aromatic ring is 1. The summed E-state index contributed by atoms with van der Waals surface area (Å²) in [6.45, 7) is 3.46. The lowest BCUT2D eigenvalue weighted by Crippen LogP contribution is -2.31. The van der Waals surface area contributed by atoms with Crippen molar-refractivity contribution >= 4 is 5.91 Å². The molecule has 0 aliphatic carbocycles. The van der Waals surface area contributed by atoms with Gasteiger partial charge in [0.1, 0.15) is 5.75 Å². The second-order valence-corrected chi connectivity index (χ2v) is 2.88. The molecule has 1 rings (SSSR count). The van der Waals surface area contributed by atoms with E-state index in [4.69, 9.17) is 5.84 Å². The Kier molecular flexibility index (Phi) is 2.53. The van der Waals surface area contributed by atoms with Crippen molar-refractivity contribution in [2.24, 2.45) is 5.84 Å². The maximum Gasteiger partial charge on any atom is 0.265 e. The zero-order chi connectivity index (χ0) is 10.0. The number of phenols is 1. The fourth-order valence-electron chi connectivity index (χ4n) is 1.26. The van der Waals surface area contributed by atoms with E-state index in [2.05, 4.69) is 0 Å². The van der Waals surface area contributed by atoms with E-state index in [0.29, 0.717) is 11.1 Å². The smallest absolute Gasteiger partial charge is 0.265 e. The number of benzene rings is 1. The summed E-state index contributed by atoms with van der Waals surface area (Å²) in [6, 6.07) is 3.23. The van der Waals surface area contributed by atoms with Crippen molar-refractivity contribution in [3.63, 3.8) is 0 Å². The van der Waals surface area contributed by atoms with Gasteiger partial charge in [0, 0.05) is 5.56 Å². The topological polar surface area (TPSA) is 75.3 Å². The Balaban J connectivity index is 3.33. The predicted molar refractivity (Wildman–Crippen MR) is 49.2 cm³/mol. The molecular weight excluding hydrogens is 168 g/mol. The number of rotatable bonds is 1. The minimum absolute atomic E-state index is 0.101. The third-order valence-corrected chi connectivity index (χ3v) is 2.00. The zero-order valence-electron chi connectivity index (χ0n) is 7.59. The van der Waals surface area contributed by atoms with Crippen LogP contribution in [0.5, 0.6) is 5.75 Å². The van der Waals surface area contributed by atoms with Crippen molar-refractivity contribution in [3.05, 3.63) is 28.8 Å². The summed E-state index contributed by atoms with van der Waals surface area (Å²) in [5, 5.41) is 9.35. The molecule has 1 aromatic carbocycles. The van der Waals surface area contributed by atoms with Crippen LogP contribution in [0.2, 0.25) is 0 Å². The molecular formula is C9H12N2O2. The molecule has 1 aromatic rings. The SMILES string of the molecule is Cc1ccc(O)c(C)c1C(=O)NN. The van der Waals surface area contributed by atoms with Gasteiger partial charge in [-0.05, 0) is 25.5 Å². The van der Waals surface area contributed by atoms with Gasteiger partial charge < -0.3 is 5.11 Å². The van der Waals surface area contributed by atoms with Gasteiger partial charge >= 0.3 is 0 Å². The van der Waals surface area contributed by atoms with E-state index in [1.54, 1.807) is 26.0 Å². The molecule has 0 fully saturated rings. The van der Waals surface area contributed by atoms with Gasteiger partial charge in [0.25, 0.3) is 5.91 Å². The van der Waals surface area contributed by atoms with Crippen LogP contribution in [0.4, 0.5) is 0 Å². The van der Waals surface area contributed by atoms with Crippen LogP contribution in [0.1, 0.15) is 21.5 Å². The van der Waals surface area contributed by atoms with Gasteiger partial charge in [0.05, 0.1) is 5.56 Å². The highest BCUT2D eigenvalue weighted by molar-refractivity contribution is 5.97. The summed E-state index contributed by atoms with van der Waals surface area (Å²) in [5.41, 5.74) is 3.81. The summed E-state index contributed by atoms with van der Waals surface area (Å²) < 4.78 is 0. The van der Waals surface area contributed by atoms with Crippen molar-refractivity contribution in [3.8, 4) is 5.75 Å². The number of aryl methyl sites for hydroxylation is 1. The van der Waals surface area contributed by atoms with E-state index in [1.807, 2.05) is 5.43 Å². The normalized spacial score (nSPS) is 9.77. The summed E-state index contributed by atoms with van der Waals surface area (Å²) in [6.07, 6.45) is 0. The summed E-state index contributed by atoms with van der Waals surface area (Å²) in [7, 11) is 0. The molecule has 70 valence electrons. The lowest BCUT2D eigenvalue weighted by Gasteiger charge is -2.08. The Hall–Kier alpha value is -1.55. The Morgan fingerprint density at radius 3 is 2.62 bits per heavy atom. The monoisotopic (exact) mass is 180 g/mol. The van der Waals surface area contributed by atoms with Gasteiger partial charge in [0.2, 0.25) is 0 Å². The van der Waals surface area contributed by atoms with Crippen molar-refractivity contribution in [1.82, 2.24) is 5.43 Å². The molecule has 0 radical (unpaired) electrons. The first-order valence-corrected chi connectivity index (χ1v) is 3.88. The van der Waals surface area contributed by atoms with Crippen LogP contribution in [0.25, 0.3) is 0 Å². The highest BCUT2D eigenvalue weighted by atomic mass is 16.3. The Labute approximate surface area is 76.3 Å². The number of hydrazine groups is 1. The fraction of sp³-hybridized carbons (Fsp3) is 0.222. The molecule has 0 aromatic heterocycles. The number of phenolic OH excluding ortho intramolecular Hbond substituents is 1. The highest BCUT2D eigenvalue weighted by Crippen LogP contribution is 2.22. The minimum atomic E-state index is -0.383. The molecule has 0 saturated heterocycles. The third kappa shape index (κ3) is 1.62. The number of hydrogen-bond donors (Lipinski definition) is 3. The number of aromatic hydroxyl groups is 1. The highest BCUT2D eigenvalue weighted by Gasteiger charge is 2.12. The first-order chi connectivity index (χ1) is 6.07. The predicted octanol–water partition coefficient (Wildman–Crippen LogP) is 0.613. The Morgan fingerprint density at radius 1 is 1.46 bits per heavy atom. The zero-order valence-corrected chi connectivity index (χ0v) is 7.59. The van der Waals surface area contributed by atoms with Gasteiger partial charge in [-0.2, -0.15) is 0 Å². The molecule has 4 nitrogen and oxygen atoms in total. The summed E-state index contributed by atoms with van der Waals surface area (Å²) >= 11 is 0. The molecule has 4 heteroatoms. The third-order valence-electron chi connectivity index (χ3n) is 2.00. The molecule has 0 spiro atoms. The number of hydrogen-bond acceptors (Lipinski definition) is 3. The molecule has 0 unspecified atom stereocenters. The van der Waals surface area contributed by atoms with Crippen LogP contribution in [0.3, 0.4) is 0 Å². The second-order valence-electron chi connectivity index (χ2n) is 2.88. The van der Waals surface area contributed by atoms with Crippen LogP contribution in [-0.4, -0.2) is 11.0 Å². The van der Waals surface area contributed by atoms with Crippen LogP contribution in [0.15, 0.2) is 12.1 Å². The number of carbonyl (C=O) groups excluding carboxylic acids is 1. The molecule has 4 N–H and O–H groups in total. The minimum Gasteiger partial charge on any atom is -0.508 e. The van der Waals surface area contributed by atoms with E-state index in [0.717, 1.165) is 5.56 Å². The van der Waals surface area contributed by atoms with Crippen LogP contribution >= 0.6 is 0 Å². The average Bonchev–Trinajstić information content (AvgIpc) is 2.12. The van der Waals surface area contributed by atoms with Crippen LogP contribution in [0, 0.1) is 13.8 Å². The van der Waals surface area contributed by atoms with Gasteiger partial charge in [-0.25, -0.2) is 5.84 Å². The van der Waals surface area contributed by atoms with Crippen LogP contribution < -0.4 is 11.3 Å². The molecule has 0 saturated carbocycles. The molecule has 0 heterocycles. The largest absolute Gasteiger partial charge is 0.508 e. The van der Waals surface area contributed by atoms with Gasteiger partial charge in [-0.3, -0.25) is 10.2 Å². The Bertz CT molecular complexity index is 348. The molecule has 0 bridgehead atoms. The fourth-order valence-corrected chi connectivity index (χ4v) is 1.26. The molecule has 13 heavy (non-hydrogen) atoms. The first kappa shape index (κ1) is 9.54. The number of nitrogens with one attached hydrogen (secondary N) is 1. The van der Waals surface area contributed by atoms with Gasteiger partial charge in [-0.1, -0.05) is 6.07 Å². The number of amides is 1. The van der Waals surface area contributed by atoms with Crippen molar-refractivity contribution in [2.45, 2.75) is 13.8 Å². The van der Waals surface area contributed by atoms with Crippen molar-refractivity contribution < 1.29 is 9.90 Å². The molecule has 0 atom stereocenters. The lowest BCUT2D eigenvalue weighted by molar-refractivity contribution is 0.0952. The van der Waals surface area contributed by atoms with E-state index in [-0.39, 0.29) is 11.7 Å². The standard InChI is InChI=1S/C9H12N2O2/c1-5-3-4-7(12)6(2)8(5)9(13)11-10/h3-4,12H,10H2,1-2H3,(H,11,13). The first-order valence-electron chi connectivity index (χ1n) is 3.88. The van der Waals surface area contributed by atoms with E-state index >= 15 is 0 Å². The maximum atomic E-state index is 11.3. The molecule has 0 aliphatic rings. The second kappa shape index (κ2) is 3.45. The summed E-state index contributed by atoms with van der Waals surface area (Å²) in [4.78, 5) is 11.3. The van der Waals surface area contributed by atoms with Crippen LogP contribution in [-0.2, 0) is 0 Å². The maximum absolute atomic E-state index is 11.3. The van der Waals surface area contributed by atoms with E-state index in [9.17, 15) is 9.90 Å². The van der Waals surface area contributed by atoms with E-state index < -0.39 is 0 Å². The Morgan fingerprint density at radius 2 is 2.08 bits per heavy atom. The summed E-state index contributed by atoms with van der Waals surface area (Å²) in [5.74, 6) is 4.73. The van der Waals surface area contributed by atoms with Crippen molar-refractivity contribution in [2.75, 3.05) is 0 Å². The van der Waals surface area contributed by atoms with Gasteiger partial charge in [0.15, 0.2) is 0 Å². The lowest BCUT2D eigenvalue weighted by atomic mass is 10.0. The van der Waals surface area contributed by atoms with Crippen molar-refractivity contribution in [1.29, 1.82) is 0 Å².